The molecule has 0 amide bonds. The van der Waals surface area contributed by atoms with Crippen LogP contribution < -0.4 is 0 Å². The molecule has 63 heavy (non-hydrogen) atoms. The van der Waals surface area contributed by atoms with Gasteiger partial charge in [0, 0.05) is 12.8 Å². The van der Waals surface area contributed by atoms with E-state index in [2.05, 4.69) is 62.5 Å². The number of carbonyl (C=O) groups is 2. The van der Waals surface area contributed by atoms with Gasteiger partial charge in [0.25, 0.3) is 0 Å². The van der Waals surface area contributed by atoms with Crippen molar-refractivity contribution in [3.8, 4) is 0 Å². The van der Waals surface area contributed by atoms with Gasteiger partial charge in [-0.3, -0.25) is 18.6 Å². The lowest BCUT2D eigenvalue weighted by Crippen LogP contribution is -2.64. The maximum atomic E-state index is 12.8. The molecule has 1 aliphatic rings. The van der Waals surface area contributed by atoms with Crippen LogP contribution in [0.15, 0.2) is 60.8 Å². The molecule has 8 atom stereocenters. The molecule has 13 nitrogen and oxygen atoms in total. The molecule has 0 bridgehead atoms. The van der Waals surface area contributed by atoms with Crippen molar-refractivity contribution in [2.45, 2.75) is 224 Å². The van der Waals surface area contributed by atoms with Gasteiger partial charge in [-0.25, -0.2) is 4.57 Å². The Morgan fingerprint density at radius 1 is 0.508 bits per heavy atom. The molecule has 1 fully saturated rings. The van der Waals surface area contributed by atoms with E-state index in [1.165, 1.54) is 77.0 Å². The third-order valence-electron chi connectivity index (χ3n) is 10.9. The molecule has 0 heterocycles. The summed E-state index contributed by atoms with van der Waals surface area (Å²) in [6, 6.07) is 0. The summed E-state index contributed by atoms with van der Waals surface area (Å²) < 4.78 is 33.5. The normalized spacial score (nSPS) is 22.2. The molecule has 14 heteroatoms. The van der Waals surface area contributed by atoms with E-state index < -0.39 is 75.7 Å². The fourth-order valence-corrected chi connectivity index (χ4v) is 8.00. The summed E-state index contributed by atoms with van der Waals surface area (Å²) in [7, 11) is -5.13. The van der Waals surface area contributed by atoms with E-state index in [1.54, 1.807) is 0 Å². The van der Waals surface area contributed by atoms with Crippen molar-refractivity contribution in [1.29, 1.82) is 0 Å². The van der Waals surface area contributed by atoms with Gasteiger partial charge in [0.05, 0.1) is 6.61 Å². The molecule has 6 N–H and O–H groups in total. The Kier molecular flexibility index (Phi) is 36.1. The molecular formula is C49H85O13P. The number of allylic oxidation sites excluding steroid dienone is 10. The van der Waals surface area contributed by atoms with Gasteiger partial charge < -0.3 is 39.9 Å². The standard InChI is InChI=1S/C49H85O13P/c1-3-5-7-9-11-13-15-17-19-21-23-25-27-29-31-33-35-37-42(50)59-39-41(40-60-63(57,58)62-49-47(55)45(53)44(52)46(54)48(49)56)61-43(51)38-36-34-32-30-28-26-24-22-20-18-16-14-12-10-8-6-4-2/h5,7,11,13,17,19,23,25,29,31,41,44-49,52-56H,3-4,6,8-10,12,14-16,18,20-22,24,26-28,30,32-40H2,1-2H3,(H,57,58)/b7-5-,13-11-,19-17-,25-23-,31-29-/t41-,44?,45-,46?,47?,48?,49?/m1/s1. The van der Waals surface area contributed by atoms with Gasteiger partial charge in [0.15, 0.2) is 6.10 Å². The first-order valence-corrected chi connectivity index (χ1v) is 25.6. The van der Waals surface area contributed by atoms with Gasteiger partial charge in [0.1, 0.15) is 43.2 Å². The highest BCUT2D eigenvalue weighted by Gasteiger charge is 2.51. The fourth-order valence-electron chi connectivity index (χ4n) is 7.03. The Morgan fingerprint density at radius 3 is 1.37 bits per heavy atom. The van der Waals surface area contributed by atoms with Crippen LogP contribution in [0.4, 0.5) is 0 Å². The summed E-state index contributed by atoms with van der Waals surface area (Å²) in [5.41, 5.74) is 0. The van der Waals surface area contributed by atoms with Crippen molar-refractivity contribution < 1.29 is 63.1 Å². The van der Waals surface area contributed by atoms with Crippen molar-refractivity contribution in [3.05, 3.63) is 60.8 Å². The van der Waals surface area contributed by atoms with Crippen molar-refractivity contribution in [3.63, 3.8) is 0 Å². The Morgan fingerprint density at radius 2 is 0.905 bits per heavy atom. The van der Waals surface area contributed by atoms with E-state index in [4.69, 9.17) is 18.5 Å². The topological polar surface area (TPSA) is 210 Å². The molecule has 1 saturated carbocycles. The van der Waals surface area contributed by atoms with E-state index in [1.807, 2.05) is 12.2 Å². The van der Waals surface area contributed by atoms with Crippen LogP contribution in [0.3, 0.4) is 0 Å². The van der Waals surface area contributed by atoms with Gasteiger partial charge in [-0.2, -0.15) is 0 Å². The molecule has 0 aliphatic heterocycles. The van der Waals surface area contributed by atoms with Gasteiger partial charge in [-0.1, -0.05) is 177 Å². The summed E-state index contributed by atoms with van der Waals surface area (Å²) >= 11 is 0. The molecule has 1 aliphatic carbocycles. The van der Waals surface area contributed by atoms with Crippen LogP contribution in [0.25, 0.3) is 0 Å². The first kappa shape index (κ1) is 58.6. The zero-order valence-corrected chi connectivity index (χ0v) is 39.5. The molecule has 0 aromatic rings. The van der Waals surface area contributed by atoms with Crippen molar-refractivity contribution in [2.24, 2.45) is 0 Å². The van der Waals surface area contributed by atoms with E-state index >= 15 is 0 Å². The largest absolute Gasteiger partial charge is 0.472 e. The Bertz CT molecular complexity index is 1330. The number of ether oxygens (including phenoxy) is 2. The second-order valence-electron chi connectivity index (χ2n) is 16.6. The van der Waals surface area contributed by atoms with Crippen molar-refractivity contribution >= 4 is 19.8 Å². The molecule has 0 aromatic heterocycles. The Balaban J connectivity index is 2.47. The van der Waals surface area contributed by atoms with Crippen molar-refractivity contribution in [1.82, 2.24) is 0 Å². The molecule has 0 radical (unpaired) electrons. The van der Waals surface area contributed by atoms with Gasteiger partial charge >= 0.3 is 19.8 Å². The number of phosphoric ester groups is 1. The average molecular weight is 913 g/mol. The summed E-state index contributed by atoms with van der Waals surface area (Å²) in [6.45, 7) is 3.15. The number of aliphatic hydroxyl groups excluding tert-OH is 5. The number of hydrogen-bond donors (Lipinski definition) is 6. The van der Waals surface area contributed by atoms with Gasteiger partial charge in [0.2, 0.25) is 0 Å². The molecule has 1 rings (SSSR count). The average Bonchev–Trinajstić information content (AvgIpc) is 3.26. The minimum absolute atomic E-state index is 0.0855. The number of aliphatic hydroxyl groups is 5. The van der Waals surface area contributed by atoms with E-state index in [0.29, 0.717) is 19.3 Å². The van der Waals surface area contributed by atoms with Crippen LogP contribution in [-0.4, -0.2) is 98.3 Å². The zero-order chi connectivity index (χ0) is 46.4. The Labute approximate surface area is 379 Å². The minimum atomic E-state index is -5.13. The summed E-state index contributed by atoms with van der Waals surface area (Å²) in [4.78, 5) is 35.7. The SMILES string of the molecule is CC/C=C\C/C=C\C/C=C\C/C=C\C/C=C\CCCC(=O)OC[C@H](COP(=O)(O)OC1C(O)C(O)C(O)[C@@H](O)C1O)OC(=O)CCCCCCCCCCCCCCCCCCC. The first-order valence-electron chi connectivity index (χ1n) is 24.1. The van der Waals surface area contributed by atoms with Gasteiger partial charge in [-0.15, -0.1) is 0 Å². The molecule has 0 spiro atoms. The number of phosphoric acid groups is 1. The van der Waals surface area contributed by atoms with Crippen LogP contribution in [0.1, 0.15) is 181 Å². The van der Waals surface area contributed by atoms with Crippen LogP contribution in [0, 0.1) is 0 Å². The maximum Gasteiger partial charge on any atom is 0.472 e. The monoisotopic (exact) mass is 913 g/mol. The van der Waals surface area contributed by atoms with E-state index in [-0.39, 0.29) is 12.8 Å². The lowest BCUT2D eigenvalue weighted by Gasteiger charge is -2.41. The number of rotatable bonds is 39. The van der Waals surface area contributed by atoms with Gasteiger partial charge in [-0.05, 0) is 51.4 Å². The first-order chi connectivity index (χ1) is 30.4. The van der Waals surface area contributed by atoms with E-state index in [9.17, 15) is 44.6 Å². The highest BCUT2D eigenvalue weighted by molar-refractivity contribution is 7.47. The van der Waals surface area contributed by atoms with E-state index in [0.717, 1.165) is 57.8 Å². The zero-order valence-electron chi connectivity index (χ0n) is 38.6. The number of carbonyl (C=O) groups excluding carboxylic acids is 2. The molecular weight excluding hydrogens is 827 g/mol. The summed E-state index contributed by atoms with van der Waals surface area (Å²) in [6.07, 6.45) is 34.2. The summed E-state index contributed by atoms with van der Waals surface area (Å²) in [5, 5.41) is 50.2. The third-order valence-corrected chi connectivity index (χ3v) is 11.9. The minimum Gasteiger partial charge on any atom is -0.462 e. The number of unbranched alkanes of at least 4 members (excludes halogenated alkanes) is 17. The lowest BCUT2D eigenvalue weighted by atomic mass is 9.85. The molecule has 0 aromatic carbocycles. The van der Waals surface area contributed by atoms with Crippen LogP contribution in [0.2, 0.25) is 0 Å². The maximum absolute atomic E-state index is 12.8. The predicted molar refractivity (Wildman–Crippen MR) is 249 cm³/mol. The van der Waals surface area contributed by atoms with Crippen LogP contribution in [-0.2, 0) is 32.7 Å². The lowest BCUT2D eigenvalue weighted by molar-refractivity contribution is -0.220. The fraction of sp³-hybridized carbons (Fsp3) is 0.755. The summed E-state index contributed by atoms with van der Waals surface area (Å²) in [5.74, 6) is -1.17. The highest BCUT2D eigenvalue weighted by atomic mass is 31.2. The molecule has 0 saturated heterocycles. The number of esters is 2. The molecule has 6 unspecified atom stereocenters. The van der Waals surface area contributed by atoms with Crippen LogP contribution >= 0.6 is 7.82 Å². The number of hydrogen-bond acceptors (Lipinski definition) is 12. The highest BCUT2D eigenvalue weighted by Crippen LogP contribution is 2.47. The quantitative estimate of drug-likeness (QED) is 0.0147. The van der Waals surface area contributed by atoms with Crippen LogP contribution in [0.5, 0.6) is 0 Å². The second kappa shape index (κ2) is 38.8. The second-order valence-corrected chi connectivity index (χ2v) is 18.0. The third kappa shape index (κ3) is 31.2. The predicted octanol–water partition coefficient (Wildman–Crippen LogP) is 9.73. The smallest absolute Gasteiger partial charge is 0.462 e. The Hall–Kier alpha value is -2.45. The molecule has 364 valence electrons. The van der Waals surface area contributed by atoms with Crippen molar-refractivity contribution in [2.75, 3.05) is 13.2 Å².